The van der Waals surface area contributed by atoms with Gasteiger partial charge in [-0.05, 0) is 6.92 Å². The first kappa shape index (κ1) is 13.5. The van der Waals surface area contributed by atoms with E-state index in [1.165, 1.54) is 6.20 Å². The number of morpholine rings is 1. The van der Waals surface area contributed by atoms with Crippen molar-refractivity contribution < 1.29 is 9.53 Å². The Kier molecular flexibility index (Phi) is 4.48. The predicted octanol–water partition coefficient (Wildman–Crippen LogP) is -0.579. The number of carbonyl (C=O) groups excluding carboxylic acids is 1. The van der Waals surface area contributed by atoms with Gasteiger partial charge >= 0.3 is 0 Å². The Hall–Kier alpha value is -1.93. The lowest BCUT2D eigenvalue weighted by molar-refractivity contribution is -0.135. The molecule has 19 heavy (non-hydrogen) atoms. The van der Waals surface area contributed by atoms with Gasteiger partial charge in [0.25, 0.3) is 0 Å². The van der Waals surface area contributed by atoms with E-state index in [0.717, 1.165) is 0 Å². The van der Waals surface area contributed by atoms with Crippen molar-refractivity contribution >= 4 is 17.5 Å². The Labute approximate surface area is 111 Å². The second-order valence-electron chi connectivity index (χ2n) is 4.24. The molecule has 4 N–H and O–H groups in total. The first-order valence-electron chi connectivity index (χ1n) is 6.12. The molecule has 2 heterocycles. The molecule has 1 atom stereocenters. The first-order chi connectivity index (χ1) is 9.20. The van der Waals surface area contributed by atoms with Crippen LogP contribution in [0.5, 0.6) is 0 Å². The van der Waals surface area contributed by atoms with Crippen LogP contribution < -0.4 is 16.6 Å². The Balaban J connectivity index is 1.95. The number of nitrogen functional groups attached to an aromatic ring is 1. The van der Waals surface area contributed by atoms with Crippen LogP contribution in [0.2, 0.25) is 0 Å². The molecule has 0 radical (unpaired) electrons. The maximum atomic E-state index is 12.2. The number of hydrogen-bond donors (Lipinski definition) is 3. The molecule has 0 aromatic carbocycles. The van der Waals surface area contributed by atoms with E-state index in [2.05, 4.69) is 20.7 Å². The lowest BCUT2D eigenvalue weighted by atomic mass is 10.2. The number of hydrogen-bond acceptors (Lipinski definition) is 7. The summed E-state index contributed by atoms with van der Waals surface area (Å²) < 4.78 is 5.22. The van der Waals surface area contributed by atoms with Gasteiger partial charge < -0.3 is 20.4 Å². The summed E-state index contributed by atoms with van der Waals surface area (Å²) in [6, 6.07) is -0.375. The van der Waals surface area contributed by atoms with Crippen LogP contribution in [0.25, 0.3) is 0 Å². The van der Waals surface area contributed by atoms with Crippen LogP contribution in [0, 0.1) is 0 Å². The van der Waals surface area contributed by atoms with E-state index >= 15 is 0 Å². The summed E-state index contributed by atoms with van der Waals surface area (Å²) in [4.78, 5) is 22.1. The molecule has 0 bridgehead atoms. The standard InChI is InChI=1S/C11H18N6O2/c1-8(11(18)17-2-4-19-5-3-17)14-9-6-13-7-10(15-9)16-12/h6-8H,2-5,12H2,1H3,(H2,14,15,16). The van der Waals surface area contributed by atoms with Crippen LogP contribution in [0.15, 0.2) is 12.4 Å². The third kappa shape index (κ3) is 3.52. The van der Waals surface area contributed by atoms with Gasteiger partial charge in [0.1, 0.15) is 11.9 Å². The molecule has 8 nitrogen and oxygen atoms in total. The molecule has 2 rings (SSSR count). The van der Waals surface area contributed by atoms with Gasteiger partial charge in [0.2, 0.25) is 5.91 Å². The molecule has 1 aromatic heterocycles. The minimum Gasteiger partial charge on any atom is -0.378 e. The van der Waals surface area contributed by atoms with E-state index in [4.69, 9.17) is 10.6 Å². The third-order valence-corrected chi connectivity index (χ3v) is 2.84. The third-order valence-electron chi connectivity index (χ3n) is 2.84. The van der Waals surface area contributed by atoms with Crippen LogP contribution in [0.3, 0.4) is 0 Å². The van der Waals surface area contributed by atoms with Crippen molar-refractivity contribution in [2.24, 2.45) is 5.84 Å². The van der Waals surface area contributed by atoms with E-state index in [-0.39, 0.29) is 11.9 Å². The number of ether oxygens (including phenoxy) is 1. The Bertz CT molecular complexity index is 435. The summed E-state index contributed by atoms with van der Waals surface area (Å²) in [7, 11) is 0. The highest BCUT2D eigenvalue weighted by atomic mass is 16.5. The highest BCUT2D eigenvalue weighted by molar-refractivity contribution is 5.84. The number of nitrogens with zero attached hydrogens (tertiary/aromatic N) is 3. The van der Waals surface area contributed by atoms with Crippen LogP contribution in [-0.2, 0) is 9.53 Å². The molecule has 1 unspecified atom stereocenters. The largest absolute Gasteiger partial charge is 0.378 e. The van der Waals surface area contributed by atoms with Crippen molar-refractivity contribution in [2.75, 3.05) is 37.0 Å². The van der Waals surface area contributed by atoms with Crippen molar-refractivity contribution in [1.82, 2.24) is 14.9 Å². The summed E-state index contributed by atoms with van der Waals surface area (Å²) >= 11 is 0. The molecule has 0 saturated carbocycles. The SMILES string of the molecule is CC(Nc1cncc(NN)n1)C(=O)N1CCOCC1. The fraction of sp³-hybridized carbons (Fsp3) is 0.545. The maximum Gasteiger partial charge on any atom is 0.244 e. The minimum atomic E-state index is -0.375. The predicted molar refractivity (Wildman–Crippen MR) is 70.3 cm³/mol. The van der Waals surface area contributed by atoms with E-state index in [1.807, 2.05) is 0 Å². The Morgan fingerprint density at radius 3 is 2.79 bits per heavy atom. The van der Waals surface area contributed by atoms with Gasteiger partial charge in [-0.15, -0.1) is 0 Å². The number of hydrazine groups is 1. The second kappa shape index (κ2) is 6.30. The molecule has 0 aliphatic carbocycles. The summed E-state index contributed by atoms with van der Waals surface area (Å²) in [5.41, 5.74) is 2.41. The molecule has 8 heteroatoms. The van der Waals surface area contributed by atoms with Gasteiger partial charge in [-0.25, -0.2) is 10.8 Å². The molecule has 1 fully saturated rings. The molecule has 1 aromatic rings. The van der Waals surface area contributed by atoms with Crippen molar-refractivity contribution in [3.63, 3.8) is 0 Å². The van der Waals surface area contributed by atoms with Gasteiger partial charge in [-0.2, -0.15) is 0 Å². The summed E-state index contributed by atoms with van der Waals surface area (Å²) in [5, 5.41) is 3.01. The number of aromatic nitrogens is 2. The van der Waals surface area contributed by atoms with Gasteiger partial charge in [-0.3, -0.25) is 9.78 Å². The molecule has 104 valence electrons. The van der Waals surface area contributed by atoms with Gasteiger partial charge in [0.15, 0.2) is 5.82 Å². The summed E-state index contributed by atoms with van der Waals surface area (Å²) in [6.45, 7) is 4.22. The highest BCUT2D eigenvalue weighted by Crippen LogP contribution is 2.09. The number of anilines is 2. The normalized spacial score (nSPS) is 16.8. The summed E-state index contributed by atoms with van der Waals surface area (Å²) in [6.07, 6.45) is 3.05. The van der Waals surface area contributed by atoms with Crippen LogP contribution in [0.1, 0.15) is 6.92 Å². The number of nitrogens with one attached hydrogen (secondary N) is 2. The number of nitrogens with two attached hydrogens (primary N) is 1. The topological polar surface area (TPSA) is 105 Å². The zero-order valence-corrected chi connectivity index (χ0v) is 10.8. The molecule has 0 spiro atoms. The number of amides is 1. The fourth-order valence-electron chi connectivity index (χ4n) is 1.85. The van der Waals surface area contributed by atoms with Gasteiger partial charge in [0.05, 0.1) is 25.6 Å². The van der Waals surface area contributed by atoms with Crippen molar-refractivity contribution in [3.05, 3.63) is 12.4 Å². The number of carbonyl (C=O) groups is 1. The molecular formula is C11H18N6O2. The molecule has 1 amide bonds. The van der Waals surface area contributed by atoms with Gasteiger partial charge in [0, 0.05) is 13.1 Å². The zero-order chi connectivity index (χ0) is 13.7. The van der Waals surface area contributed by atoms with Crippen molar-refractivity contribution in [3.8, 4) is 0 Å². The molecule has 1 aliphatic rings. The maximum absolute atomic E-state index is 12.2. The van der Waals surface area contributed by atoms with Crippen molar-refractivity contribution in [1.29, 1.82) is 0 Å². The molecule has 1 aliphatic heterocycles. The Morgan fingerprint density at radius 2 is 2.11 bits per heavy atom. The smallest absolute Gasteiger partial charge is 0.244 e. The van der Waals surface area contributed by atoms with E-state index < -0.39 is 0 Å². The monoisotopic (exact) mass is 266 g/mol. The lowest BCUT2D eigenvalue weighted by Gasteiger charge is -2.29. The van der Waals surface area contributed by atoms with Crippen LogP contribution >= 0.6 is 0 Å². The van der Waals surface area contributed by atoms with E-state index in [0.29, 0.717) is 37.9 Å². The molecule has 1 saturated heterocycles. The zero-order valence-electron chi connectivity index (χ0n) is 10.8. The van der Waals surface area contributed by atoms with E-state index in [1.54, 1.807) is 18.0 Å². The summed E-state index contributed by atoms with van der Waals surface area (Å²) in [5.74, 6) is 6.23. The van der Waals surface area contributed by atoms with Crippen LogP contribution in [-0.4, -0.2) is 53.1 Å². The minimum absolute atomic E-state index is 0.0243. The second-order valence-corrected chi connectivity index (χ2v) is 4.24. The van der Waals surface area contributed by atoms with Crippen molar-refractivity contribution in [2.45, 2.75) is 13.0 Å². The fourth-order valence-corrected chi connectivity index (χ4v) is 1.85. The average Bonchev–Trinajstić information content (AvgIpc) is 2.47. The molecular weight excluding hydrogens is 248 g/mol. The van der Waals surface area contributed by atoms with Crippen LogP contribution in [0.4, 0.5) is 11.6 Å². The van der Waals surface area contributed by atoms with Gasteiger partial charge in [-0.1, -0.05) is 0 Å². The Morgan fingerprint density at radius 1 is 1.42 bits per heavy atom. The highest BCUT2D eigenvalue weighted by Gasteiger charge is 2.22. The quantitative estimate of drug-likeness (QED) is 0.494. The first-order valence-corrected chi connectivity index (χ1v) is 6.12. The van der Waals surface area contributed by atoms with E-state index in [9.17, 15) is 4.79 Å². The lowest BCUT2D eigenvalue weighted by Crippen LogP contribution is -2.47. The average molecular weight is 266 g/mol. The number of rotatable bonds is 4.